The molecule has 0 spiro atoms. The second-order valence-electron chi connectivity index (χ2n) is 4.48. The van der Waals surface area contributed by atoms with Crippen molar-refractivity contribution in [2.24, 2.45) is 0 Å². The van der Waals surface area contributed by atoms with Crippen molar-refractivity contribution < 1.29 is 13.6 Å². The Hall–Kier alpha value is -1.65. The number of hydrogen-bond acceptors (Lipinski definition) is 2. The molecule has 1 aliphatic heterocycles. The molecule has 18 heavy (non-hydrogen) atoms. The molecule has 1 aromatic rings. The van der Waals surface area contributed by atoms with Crippen LogP contribution in [0.3, 0.4) is 0 Å². The van der Waals surface area contributed by atoms with Gasteiger partial charge >= 0.3 is 0 Å². The van der Waals surface area contributed by atoms with Crippen LogP contribution in [0, 0.1) is 0 Å². The third-order valence-corrected chi connectivity index (χ3v) is 3.18. The summed E-state index contributed by atoms with van der Waals surface area (Å²) in [4.78, 5) is 13.6. The number of carbonyl (C=O) groups is 1. The highest BCUT2D eigenvalue weighted by Crippen LogP contribution is 2.28. The van der Waals surface area contributed by atoms with Crippen LogP contribution < -0.4 is 5.32 Å². The maximum absolute atomic E-state index is 13.0. The third-order valence-electron chi connectivity index (χ3n) is 3.18. The van der Waals surface area contributed by atoms with Gasteiger partial charge in [-0.25, -0.2) is 8.78 Å². The van der Waals surface area contributed by atoms with Gasteiger partial charge in [0.05, 0.1) is 0 Å². The zero-order chi connectivity index (χ0) is 13.2. The van der Waals surface area contributed by atoms with Gasteiger partial charge in [0, 0.05) is 44.2 Å². The van der Waals surface area contributed by atoms with Crippen LogP contribution in [-0.4, -0.2) is 36.9 Å². The molecule has 1 heterocycles. The van der Waals surface area contributed by atoms with Crippen LogP contribution in [0.4, 0.5) is 14.5 Å². The second kappa shape index (κ2) is 4.92. The van der Waals surface area contributed by atoms with Crippen molar-refractivity contribution in [2.75, 3.05) is 25.5 Å². The minimum atomic E-state index is -2.62. The number of nitrogens with one attached hydrogen (secondary N) is 1. The molecule has 0 bridgehead atoms. The molecule has 0 unspecified atom stereocenters. The zero-order valence-electron chi connectivity index (χ0n) is 10.2. The lowest BCUT2D eigenvalue weighted by atomic mass is 10.1. The summed E-state index contributed by atoms with van der Waals surface area (Å²) in [5.74, 6) is -2.80. The normalized spacial score (nSPS) is 18.5. The van der Waals surface area contributed by atoms with Gasteiger partial charge in [-0.3, -0.25) is 4.79 Å². The molecule has 0 aromatic heterocycles. The van der Waals surface area contributed by atoms with Gasteiger partial charge in [0.15, 0.2) is 0 Å². The van der Waals surface area contributed by atoms with Crippen molar-refractivity contribution in [3.63, 3.8) is 0 Å². The fourth-order valence-electron chi connectivity index (χ4n) is 2.03. The van der Waals surface area contributed by atoms with Crippen LogP contribution in [0.5, 0.6) is 0 Å². The van der Waals surface area contributed by atoms with Crippen LogP contribution in [0.25, 0.3) is 0 Å². The first-order valence-corrected chi connectivity index (χ1v) is 5.97. The van der Waals surface area contributed by atoms with Gasteiger partial charge in [-0.1, -0.05) is 6.07 Å². The van der Waals surface area contributed by atoms with Gasteiger partial charge in [-0.15, -0.1) is 0 Å². The molecular weight excluding hydrogens is 238 g/mol. The van der Waals surface area contributed by atoms with E-state index in [1.165, 1.54) is 4.90 Å². The number of alkyl halides is 2. The maximum Gasteiger partial charge on any atom is 0.253 e. The fourth-order valence-corrected chi connectivity index (χ4v) is 2.03. The summed E-state index contributed by atoms with van der Waals surface area (Å²) in [7, 11) is 1.77. The van der Waals surface area contributed by atoms with E-state index in [-0.39, 0.29) is 31.8 Å². The first-order chi connectivity index (χ1) is 8.52. The quantitative estimate of drug-likeness (QED) is 0.879. The Morgan fingerprint density at radius 2 is 2.00 bits per heavy atom. The number of benzene rings is 1. The molecule has 1 amide bonds. The van der Waals surface area contributed by atoms with Crippen LogP contribution >= 0.6 is 0 Å². The first kappa shape index (κ1) is 12.8. The summed E-state index contributed by atoms with van der Waals surface area (Å²) in [6.45, 7) is 0.241. The van der Waals surface area contributed by atoms with Crippen LogP contribution in [0.2, 0.25) is 0 Å². The standard InChI is InChI=1S/C13H16F2N2O/c1-16-11-4-2-3-10(9-11)12(18)17-7-5-13(14,15)6-8-17/h2-4,9,16H,5-8H2,1H3. The zero-order valence-corrected chi connectivity index (χ0v) is 10.2. The molecule has 1 saturated heterocycles. The largest absolute Gasteiger partial charge is 0.388 e. The Bertz CT molecular complexity index is 438. The minimum absolute atomic E-state index is 0.121. The van der Waals surface area contributed by atoms with E-state index in [4.69, 9.17) is 0 Å². The first-order valence-electron chi connectivity index (χ1n) is 5.97. The van der Waals surface area contributed by atoms with Crippen molar-refractivity contribution in [3.8, 4) is 0 Å². The lowest BCUT2D eigenvalue weighted by Gasteiger charge is -2.31. The van der Waals surface area contributed by atoms with E-state index in [9.17, 15) is 13.6 Å². The Kier molecular flexibility index (Phi) is 3.50. The number of amides is 1. The predicted octanol–water partition coefficient (Wildman–Crippen LogP) is 2.60. The molecule has 2 rings (SSSR count). The van der Waals surface area contributed by atoms with Crippen LogP contribution in [-0.2, 0) is 0 Å². The Morgan fingerprint density at radius 3 is 2.61 bits per heavy atom. The fraction of sp³-hybridized carbons (Fsp3) is 0.462. The second-order valence-corrected chi connectivity index (χ2v) is 4.48. The van der Waals surface area contributed by atoms with E-state index in [2.05, 4.69) is 5.32 Å². The lowest BCUT2D eigenvalue weighted by molar-refractivity contribution is -0.0494. The number of likely N-dealkylation sites (tertiary alicyclic amines) is 1. The SMILES string of the molecule is CNc1cccc(C(=O)N2CCC(F)(F)CC2)c1. The summed E-state index contributed by atoms with van der Waals surface area (Å²) in [5, 5.41) is 2.95. The lowest BCUT2D eigenvalue weighted by Crippen LogP contribution is -2.42. The van der Waals surface area contributed by atoms with E-state index in [1.807, 2.05) is 6.07 Å². The summed E-state index contributed by atoms with van der Waals surface area (Å²) in [5.41, 5.74) is 1.37. The highest BCUT2D eigenvalue weighted by molar-refractivity contribution is 5.95. The van der Waals surface area contributed by atoms with E-state index in [1.54, 1.807) is 25.2 Å². The Morgan fingerprint density at radius 1 is 1.33 bits per heavy atom. The molecule has 1 fully saturated rings. The molecule has 5 heteroatoms. The van der Waals surface area contributed by atoms with E-state index >= 15 is 0 Å². The third kappa shape index (κ3) is 2.78. The van der Waals surface area contributed by atoms with E-state index in [0.717, 1.165) is 5.69 Å². The van der Waals surface area contributed by atoms with Gasteiger partial charge in [-0.05, 0) is 18.2 Å². The van der Waals surface area contributed by atoms with Gasteiger partial charge in [0.1, 0.15) is 0 Å². The van der Waals surface area contributed by atoms with Gasteiger partial charge in [0.25, 0.3) is 11.8 Å². The Labute approximate surface area is 105 Å². The molecule has 1 N–H and O–H groups in total. The average Bonchev–Trinajstić information content (AvgIpc) is 2.38. The number of piperidine rings is 1. The van der Waals surface area contributed by atoms with Gasteiger partial charge in [-0.2, -0.15) is 0 Å². The molecule has 1 aliphatic rings. The summed E-state index contributed by atoms with van der Waals surface area (Å²) in [6.07, 6.45) is -0.491. The van der Waals surface area contributed by atoms with Gasteiger partial charge < -0.3 is 10.2 Å². The van der Waals surface area contributed by atoms with E-state index in [0.29, 0.717) is 5.56 Å². The number of halogens is 2. The topological polar surface area (TPSA) is 32.3 Å². The molecule has 0 saturated carbocycles. The summed E-state index contributed by atoms with van der Waals surface area (Å²) >= 11 is 0. The monoisotopic (exact) mass is 254 g/mol. The minimum Gasteiger partial charge on any atom is -0.388 e. The molecule has 0 radical (unpaired) electrons. The highest BCUT2D eigenvalue weighted by Gasteiger charge is 2.35. The molecule has 1 aromatic carbocycles. The summed E-state index contributed by atoms with van der Waals surface area (Å²) in [6, 6.07) is 7.06. The van der Waals surface area contributed by atoms with Gasteiger partial charge in [0.2, 0.25) is 0 Å². The number of hydrogen-bond donors (Lipinski definition) is 1. The maximum atomic E-state index is 13.0. The smallest absolute Gasteiger partial charge is 0.253 e. The molecular formula is C13H16F2N2O. The van der Waals surface area contributed by atoms with Crippen molar-refractivity contribution in [1.82, 2.24) is 4.90 Å². The van der Waals surface area contributed by atoms with Crippen molar-refractivity contribution in [1.29, 1.82) is 0 Å². The van der Waals surface area contributed by atoms with Crippen LogP contribution in [0.15, 0.2) is 24.3 Å². The molecule has 0 aliphatic carbocycles. The Balaban J connectivity index is 2.07. The van der Waals surface area contributed by atoms with Crippen molar-refractivity contribution in [3.05, 3.63) is 29.8 Å². The van der Waals surface area contributed by atoms with Crippen molar-refractivity contribution >= 4 is 11.6 Å². The highest BCUT2D eigenvalue weighted by atomic mass is 19.3. The number of nitrogens with zero attached hydrogens (tertiary/aromatic N) is 1. The van der Waals surface area contributed by atoms with Crippen molar-refractivity contribution in [2.45, 2.75) is 18.8 Å². The number of rotatable bonds is 2. The predicted molar refractivity (Wildman–Crippen MR) is 66.1 cm³/mol. The molecule has 98 valence electrons. The van der Waals surface area contributed by atoms with Crippen LogP contribution in [0.1, 0.15) is 23.2 Å². The molecule has 3 nitrogen and oxygen atoms in total. The van der Waals surface area contributed by atoms with E-state index < -0.39 is 5.92 Å². The number of carbonyl (C=O) groups excluding carboxylic acids is 1. The molecule has 0 atom stereocenters. The average molecular weight is 254 g/mol. The summed E-state index contributed by atoms with van der Waals surface area (Å²) < 4.78 is 26.0. The number of anilines is 1.